The highest BCUT2D eigenvalue weighted by molar-refractivity contribution is 5.96. The van der Waals surface area contributed by atoms with E-state index in [0.29, 0.717) is 42.3 Å². The minimum Gasteiger partial charge on any atom is -0.444 e. The molecule has 11 nitrogen and oxygen atoms in total. The van der Waals surface area contributed by atoms with Gasteiger partial charge in [-0.3, -0.25) is 9.69 Å². The topological polar surface area (TPSA) is 149 Å². The number of benzene rings is 2. The van der Waals surface area contributed by atoms with Gasteiger partial charge in [0, 0.05) is 36.2 Å². The number of piperazine rings is 1. The van der Waals surface area contributed by atoms with E-state index in [2.05, 4.69) is 20.2 Å². The van der Waals surface area contributed by atoms with E-state index >= 15 is 0 Å². The van der Waals surface area contributed by atoms with Gasteiger partial charge in [0.05, 0.1) is 12.1 Å². The number of primary amides is 1. The van der Waals surface area contributed by atoms with Crippen molar-refractivity contribution in [3.63, 3.8) is 0 Å². The molecule has 0 aliphatic carbocycles. The van der Waals surface area contributed by atoms with E-state index in [-0.39, 0.29) is 35.6 Å². The molecule has 2 amide bonds. The number of nitrogen functional groups attached to an aromatic ring is 1. The van der Waals surface area contributed by atoms with Crippen molar-refractivity contribution in [3.05, 3.63) is 59.9 Å². The molecule has 41 heavy (non-hydrogen) atoms. The summed E-state index contributed by atoms with van der Waals surface area (Å²) in [5.41, 5.74) is 13.8. The van der Waals surface area contributed by atoms with Crippen LogP contribution in [0.3, 0.4) is 0 Å². The maximum atomic E-state index is 12.8. The van der Waals surface area contributed by atoms with Crippen LogP contribution in [-0.2, 0) is 11.2 Å². The molecule has 11 heteroatoms. The van der Waals surface area contributed by atoms with E-state index < -0.39 is 11.5 Å². The lowest BCUT2D eigenvalue weighted by Crippen LogP contribution is -2.59. The van der Waals surface area contributed by atoms with Gasteiger partial charge >= 0.3 is 6.09 Å². The summed E-state index contributed by atoms with van der Waals surface area (Å²) < 4.78 is 11.6. The number of nitrogens with two attached hydrogens (primary N) is 2. The normalized spacial score (nSPS) is 17.2. The van der Waals surface area contributed by atoms with Crippen LogP contribution in [0, 0.1) is 0 Å². The molecule has 0 saturated carbocycles. The molecule has 5 N–H and O–H groups in total. The Kier molecular flexibility index (Phi) is 8.55. The smallest absolute Gasteiger partial charge is 0.410 e. The van der Waals surface area contributed by atoms with Crippen molar-refractivity contribution in [2.24, 2.45) is 5.73 Å². The summed E-state index contributed by atoms with van der Waals surface area (Å²) in [5.74, 6) is 0.252. The molecule has 1 aliphatic rings. The van der Waals surface area contributed by atoms with Crippen molar-refractivity contribution in [2.45, 2.75) is 65.6 Å². The highest BCUT2D eigenvalue weighted by Gasteiger charge is 2.35. The van der Waals surface area contributed by atoms with Gasteiger partial charge in [-0.25, -0.2) is 9.78 Å². The molecule has 1 aliphatic heterocycles. The van der Waals surface area contributed by atoms with Gasteiger partial charge in [0.25, 0.3) is 5.91 Å². The van der Waals surface area contributed by atoms with Crippen LogP contribution in [0.15, 0.2) is 48.5 Å². The number of amides is 2. The molecule has 3 aromatic rings. The van der Waals surface area contributed by atoms with Crippen molar-refractivity contribution in [1.29, 1.82) is 0 Å². The van der Waals surface area contributed by atoms with E-state index in [1.165, 1.54) is 0 Å². The first kappa shape index (κ1) is 29.4. The van der Waals surface area contributed by atoms with Gasteiger partial charge in [0.2, 0.25) is 5.88 Å². The zero-order valence-corrected chi connectivity index (χ0v) is 24.5. The molecule has 2 heterocycles. The average Bonchev–Trinajstić information content (AvgIpc) is 2.87. The Bertz CT molecular complexity index is 1390. The lowest BCUT2D eigenvalue weighted by Gasteiger charge is -2.45. The van der Waals surface area contributed by atoms with E-state index in [1.807, 2.05) is 70.7 Å². The first-order chi connectivity index (χ1) is 19.3. The first-order valence-corrected chi connectivity index (χ1v) is 13.7. The fraction of sp³-hybridized carbons (Fsp3) is 0.400. The van der Waals surface area contributed by atoms with Crippen molar-refractivity contribution < 1.29 is 19.1 Å². The third-order valence-electron chi connectivity index (χ3n) is 6.59. The molecule has 4 rings (SSSR count). The number of ether oxygens (including phenoxy) is 2. The first-order valence-electron chi connectivity index (χ1n) is 13.7. The molecular weight excluding hydrogens is 522 g/mol. The zero-order chi connectivity index (χ0) is 29.9. The van der Waals surface area contributed by atoms with Gasteiger partial charge < -0.3 is 31.2 Å². The zero-order valence-electron chi connectivity index (χ0n) is 24.5. The summed E-state index contributed by atoms with van der Waals surface area (Å²) >= 11 is 0. The minimum atomic E-state index is -0.701. The number of hydrogen-bond donors (Lipinski definition) is 3. The van der Waals surface area contributed by atoms with E-state index in [1.54, 1.807) is 24.3 Å². The molecule has 1 saturated heterocycles. The monoisotopic (exact) mass is 561 g/mol. The Morgan fingerprint density at radius 1 is 1.05 bits per heavy atom. The molecule has 1 aromatic heterocycles. The minimum absolute atomic E-state index is 0.0202. The van der Waals surface area contributed by atoms with Crippen LogP contribution >= 0.6 is 0 Å². The Morgan fingerprint density at radius 2 is 1.71 bits per heavy atom. The molecule has 2 atom stereocenters. The number of carbonyl (C=O) groups is 2. The second kappa shape index (κ2) is 11.9. The molecule has 1 fully saturated rings. The Hall–Kier alpha value is -4.54. The number of aromatic nitrogens is 2. The van der Waals surface area contributed by atoms with Crippen molar-refractivity contribution >= 4 is 34.9 Å². The Balaban J connectivity index is 1.52. The van der Waals surface area contributed by atoms with E-state index in [0.717, 1.165) is 5.69 Å². The van der Waals surface area contributed by atoms with Crippen LogP contribution in [-0.4, -0.2) is 57.6 Å². The number of carbonyl (C=O) groups excluding carboxylic acids is 2. The predicted molar refractivity (Wildman–Crippen MR) is 160 cm³/mol. The molecular formula is C30H39N7O4. The lowest BCUT2D eigenvalue weighted by molar-refractivity contribution is 0.00565. The third kappa shape index (κ3) is 7.16. The average molecular weight is 562 g/mol. The van der Waals surface area contributed by atoms with Crippen LogP contribution in [0.25, 0.3) is 0 Å². The molecule has 0 bridgehead atoms. The van der Waals surface area contributed by atoms with Crippen molar-refractivity contribution in [1.82, 2.24) is 14.9 Å². The van der Waals surface area contributed by atoms with Gasteiger partial charge in [-0.2, -0.15) is 4.98 Å². The summed E-state index contributed by atoms with van der Waals surface area (Å²) in [5, 5.41) is 3.17. The summed E-state index contributed by atoms with van der Waals surface area (Å²) in [7, 11) is 0. The van der Waals surface area contributed by atoms with Gasteiger partial charge in [0.1, 0.15) is 17.0 Å². The molecule has 0 unspecified atom stereocenters. The number of hydrogen-bond acceptors (Lipinski definition) is 9. The van der Waals surface area contributed by atoms with Crippen LogP contribution in [0.1, 0.15) is 57.7 Å². The largest absolute Gasteiger partial charge is 0.444 e. The van der Waals surface area contributed by atoms with Gasteiger partial charge in [-0.1, -0.05) is 13.0 Å². The SMILES string of the molecule is CCc1nc(C(N)=O)c(Nc2ccc(N3C[C@@H](C)N(C(=O)OC(C)(C)C)[C@@H](C)C3)cc2)nc1Oc1cccc(N)c1. The molecule has 0 radical (unpaired) electrons. The van der Waals surface area contributed by atoms with E-state index in [9.17, 15) is 9.59 Å². The quantitative estimate of drug-likeness (QED) is 0.335. The van der Waals surface area contributed by atoms with Crippen LogP contribution in [0.4, 0.5) is 27.7 Å². The fourth-order valence-electron chi connectivity index (χ4n) is 4.82. The number of aryl methyl sites for hydroxylation is 1. The van der Waals surface area contributed by atoms with Crippen molar-refractivity contribution in [2.75, 3.05) is 29.0 Å². The van der Waals surface area contributed by atoms with Crippen molar-refractivity contribution in [3.8, 4) is 11.6 Å². The third-order valence-corrected chi connectivity index (χ3v) is 6.59. The summed E-state index contributed by atoms with van der Waals surface area (Å²) in [6.07, 6.45) is 0.189. The second-order valence-electron chi connectivity index (χ2n) is 11.2. The number of anilines is 4. The van der Waals surface area contributed by atoms with E-state index in [4.69, 9.17) is 20.9 Å². The number of nitrogens with zero attached hydrogens (tertiary/aromatic N) is 4. The maximum Gasteiger partial charge on any atom is 0.410 e. The van der Waals surface area contributed by atoms with Crippen LogP contribution in [0.2, 0.25) is 0 Å². The Morgan fingerprint density at radius 3 is 2.27 bits per heavy atom. The maximum absolute atomic E-state index is 12.8. The van der Waals surface area contributed by atoms with Crippen LogP contribution in [0.5, 0.6) is 11.6 Å². The molecule has 2 aromatic carbocycles. The predicted octanol–water partition coefficient (Wildman–Crippen LogP) is 5.09. The summed E-state index contributed by atoms with van der Waals surface area (Å²) in [6.45, 7) is 12.9. The lowest BCUT2D eigenvalue weighted by atomic mass is 10.1. The summed E-state index contributed by atoms with van der Waals surface area (Å²) in [6, 6.07) is 14.7. The van der Waals surface area contributed by atoms with Gasteiger partial charge in [-0.05, 0) is 77.4 Å². The standard InChI is InChI=1S/C30H39N7O4/c1-7-24-28(40-23-10-8-9-20(31)15-23)35-27(25(34-24)26(32)38)33-21-11-13-22(14-12-21)36-16-18(2)37(19(3)17-36)29(39)41-30(4,5)6/h8-15,18-19H,7,16-17,31H2,1-6H3,(H2,32,38)(H,33,35)/t18-,19+. The Labute approximate surface area is 240 Å². The molecule has 0 spiro atoms. The highest BCUT2D eigenvalue weighted by Crippen LogP contribution is 2.30. The molecule has 218 valence electrons. The highest BCUT2D eigenvalue weighted by atomic mass is 16.6. The van der Waals surface area contributed by atoms with Crippen LogP contribution < -0.4 is 26.4 Å². The number of nitrogens with one attached hydrogen (secondary N) is 1. The van der Waals surface area contributed by atoms with Gasteiger partial charge in [-0.15, -0.1) is 0 Å². The second-order valence-corrected chi connectivity index (χ2v) is 11.2. The fourth-order valence-corrected chi connectivity index (χ4v) is 4.82. The summed E-state index contributed by atoms with van der Waals surface area (Å²) in [4.78, 5) is 38.1. The number of rotatable bonds is 7. The van der Waals surface area contributed by atoms with Gasteiger partial charge in [0.15, 0.2) is 11.5 Å².